The molecule has 0 radical (unpaired) electrons. The molecule has 0 aliphatic heterocycles. The lowest BCUT2D eigenvalue weighted by atomic mass is 9.81. The van der Waals surface area contributed by atoms with Gasteiger partial charge in [-0.05, 0) is 37.3 Å². The van der Waals surface area contributed by atoms with Gasteiger partial charge in [-0.2, -0.15) is 10.2 Å². The van der Waals surface area contributed by atoms with Crippen molar-refractivity contribution in [2.75, 3.05) is 0 Å². The first kappa shape index (κ1) is 18.3. The number of aromatic amines is 1. The molecule has 0 saturated carbocycles. The standard InChI is InChI=1S/C15H17ClN6O.ClH/c1-8-14-12(19-18-8)6-9(10-4-2-3-5-11(10)16)7-13(14)20-21-15(17)22-23;/h2-5,9,23H,6-7H2,1H3,(H,18,19)(H3,17,21,22);1H/b20-13-;. The van der Waals surface area contributed by atoms with Crippen LogP contribution in [0.1, 0.15) is 34.9 Å². The lowest BCUT2D eigenvalue weighted by Crippen LogP contribution is -2.32. The van der Waals surface area contributed by atoms with Crippen molar-refractivity contribution in [2.45, 2.75) is 25.7 Å². The van der Waals surface area contributed by atoms with E-state index < -0.39 is 0 Å². The van der Waals surface area contributed by atoms with Crippen LogP contribution in [0.4, 0.5) is 0 Å². The highest BCUT2D eigenvalue weighted by molar-refractivity contribution is 6.31. The van der Waals surface area contributed by atoms with Gasteiger partial charge in [-0.3, -0.25) is 15.7 Å². The molecular formula is C15H18Cl2N6O. The van der Waals surface area contributed by atoms with E-state index in [9.17, 15) is 0 Å². The normalized spacial score (nSPS) is 17.8. The van der Waals surface area contributed by atoms with Crippen LogP contribution in [0.5, 0.6) is 0 Å². The molecule has 1 aromatic heterocycles. The quantitative estimate of drug-likeness (QED) is 0.319. The number of rotatable bonds is 2. The molecule has 5 N–H and O–H groups in total. The summed E-state index contributed by atoms with van der Waals surface area (Å²) in [5, 5.41) is 28.4. The predicted molar refractivity (Wildman–Crippen MR) is 95.4 cm³/mol. The first-order valence-corrected chi connectivity index (χ1v) is 7.57. The lowest BCUT2D eigenvalue weighted by Gasteiger charge is -2.24. The van der Waals surface area contributed by atoms with Crippen molar-refractivity contribution in [2.24, 2.45) is 5.10 Å². The maximum atomic E-state index is 8.70. The summed E-state index contributed by atoms with van der Waals surface area (Å²) in [5.74, 6) is -0.118. The van der Waals surface area contributed by atoms with Crippen molar-refractivity contribution >= 4 is 35.7 Å². The highest BCUT2D eigenvalue weighted by Crippen LogP contribution is 2.36. The van der Waals surface area contributed by atoms with Gasteiger partial charge in [0, 0.05) is 16.3 Å². The fourth-order valence-corrected chi connectivity index (χ4v) is 3.23. The van der Waals surface area contributed by atoms with Gasteiger partial charge in [-0.25, -0.2) is 10.9 Å². The van der Waals surface area contributed by atoms with Gasteiger partial charge < -0.3 is 0 Å². The molecule has 0 spiro atoms. The molecule has 0 fully saturated rings. The molecule has 0 amide bonds. The summed E-state index contributed by atoms with van der Waals surface area (Å²) >= 11 is 6.33. The maximum Gasteiger partial charge on any atom is 0.233 e. The Morgan fingerprint density at radius 3 is 2.88 bits per heavy atom. The molecule has 0 bridgehead atoms. The molecule has 1 unspecified atom stereocenters. The molecule has 7 nitrogen and oxygen atoms in total. The van der Waals surface area contributed by atoms with E-state index in [1.54, 1.807) is 5.48 Å². The van der Waals surface area contributed by atoms with Crippen molar-refractivity contribution in [3.05, 3.63) is 51.8 Å². The number of hydrogen-bond acceptors (Lipinski definition) is 4. The van der Waals surface area contributed by atoms with Gasteiger partial charge in [0.05, 0.1) is 11.4 Å². The van der Waals surface area contributed by atoms with E-state index >= 15 is 0 Å². The molecule has 9 heteroatoms. The van der Waals surface area contributed by atoms with Crippen molar-refractivity contribution in [1.29, 1.82) is 5.41 Å². The van der Waals surface area contributed by atoms with Crippen LogP contribution in [0.15, 0.2) is 29.4 Å². The third-order valence-corrected chi connectivity index (χ3v) is 4.30. The molecule has 1 aromatic carbocycles. The van der Waals surface area contributed by atoms with Crippen molar-refractivity contribution in [3.8, 4) is 0 Å². The second kappa shape index (κ2) is 7.65. The summed E-state index contributed by atoms with van der Waals surface area (Å²) in [5.41, 5.74) is 8.87. The Labute approximate surface area is 150 Å². The minimum atomic E-state index is -0.292. The van der Waals surface area contributed by atoms with Gasteiger partial charge in [0.2, 0.25) is 5.96 Å². The van der Waals surface area contributed by atoms with E-state index in [4.69, 9.17) is 22.2 Å². The number of hydrazone groups is 1. The number of aryl methyl sites for hydroxylation is 1. The lowest BCUT2D eigenvalue weighted by molar-refractivity contribution is 0.228. The SMILES string of the molecule is Cc1n[nH]c2c1/C(=N\NC(=N)NO)CC(c1ccccc1Cl)C2.Cl. The molecule has 0 saturated heterocycles. The van der Waals surface area contributed by atoms with Gasteiger partial charge >= 0.3 is 0 Å². The van der Waals surface area contributed by atoms with Crippen molar-refractivity contribution in [1.82, 2.24) is 21.1 Å². The van der Waals surface area contributed by atoms with E-state index in [0.29, 0.717) is 6.42 Å². The largest absolute Gasteiger partial charge is 0.288 e. The second-order valence-corrected chi connectivity index (χ2v) is 5.85. The van der Waals surface area contributed by atoms with Crippen LogP contribution in [0.25, 0.3) is 0 Å². The fourth-order valence-electron chi connectivity index (χ4n) is 2.94. The van der Waals surface area contributed by atoms with E-state index in [2.05, 4.69) is 20.7 Å². The van der Waals surface area contributed by atoms with E-state index in [1.165, 1.54) is 0 Å². The smallest absolute Gasteiger partial charge is 0.233 e. The molecule has 24 heavy (non-hydrogen) atoms. The Balaban J connectivity index is 0.00000208. The van der Waals surface area contributed by atoms with E-state index in [0.717, 1.165) is 39.7 Å². The van der Waals surface area contributed by atoms with Crippen LogP contribution in [0.2, 0.25) is 5.02 Å². The van der Waals surface area contributed by atoms with Crippen LogP contribution in [0, 0.1) is 12.3 Å². The number of benzene rings is 1. The monoisotopic (exact) mass is 368 g/mol. The van der Waals surface area contributed by atoms with Gasteiger partial charge in [0.15, 0.2) is 0 Å². The Kier molecular flexibility index (Phi) is 5.82. The van der Waals surface area contributed by atoms with E-state index in [1.807, 2.05) is 31.2 Å². The van der Waals surface area contributed by atoms with Gasteiger partial charge in [0.25, 0.3) is 0 Å². The summed E-state index contributed by atoms with van der Waals surface area (Å²) in [6.45, 7) is 1.91. The number of fused-ring (bicyclic) bond motifs is 1. The van der Waals surface area contributed by atoms with Crippen LogP contribution >= 0.6 is 24.0 Å². The Bertz CT molecular complexity index is 773. The zero-order valence-electron chi connectivity index (χ0n) is 12.9. The zero-order chi connectivity index (χ0) is 16.4. The first-order valence-electron chi connectivity index (χ1n) is 7.20. The minimum absolute atomic E-state index is 0. The number of hydroxylamine groups is 1. The molecule has 1 aliphatic carbocycles. The van der Waals surface area contributed by atoms with Gasteiger partial charge in [0.1, 0.15) is 0 Å². The van der Waals surface area contributed by atoms with Crippen LogP contribution in [-0.4, -0.2) is 27.1 Å². The fraction of sp³-hybridized carbons (Fsp3) is 0.267. The Morgan fingerprint density at radius 1 is 1.42 bits per heavy atom. The van der Waals surface area contributed by atoms with Crippen LogP contribution in [0.3, 0.4) is 0 Å². The maximum absolute atomic E-state index is 8.70. The van der Waals surface area contributed by atoms with Gasteiger partial charge in [-0.1, -0.05) is 29.8 Å². The summed E-state index contributed by atoms with van der Waals surface area (Å²) in [4.78, 5) is 0. The highest BCUT2D eigenvalue weighted by atomic mass is 35.5. The number of guanidine groups is 1. The number of halogens is 2. The molecule has 128 valence electrons. The summed E-state index contributed by atoms with van der Waals surface area (Å²) in [7, 11) is 0. The number of nitrogens with one attached hydrogen (secondary N) is 4. The third-order valence-electron chi connectivity index (χ3n) is 3.96. The molecule has 1 atom stereocenters. The molecule has 1 aliphatic rings. The molecule has 3 rings (SSSR count). The average Bonchev–Trinajstić information content (AvgIpc) is 2.94. The Hall–Kier alpha value is -2.09. The summed E-state index contributed by atoms with van der Waals surface area (Å²) in [6.07, 6.45) is 1.47. The highest BCUT2D eigenvalue weighted by Gasteiger charge is 2.29. The predicted octanol–water partition coefficient (Wildman–Crippen LogP) is 2.73. The van der Waals surface area contributed by atoms with Crippen molar-refractivity contribution < 1.29 is 5.21 Å². The minimum Gasteiger partial charge on any atom is -0.288 e. The second-order valence-electron chi connectivity index (χ2n) is 5.45. The van der Waals surface area contributed by atoms with Crippen LogP contribution < -0.4 is 10.9 Å². The Morgan fingerprint density at radius 2 is 2.17 bits per heavy atom. The average molecular weight is 369 g/mol. The molecule has 2 aromatic rings. The van der Waals surface area contributed by atoms with Crippen LogP contribution in [-0.2, 0) is 6.42 Å². The van der Waals surface area contributed by atoms with Crippen molar-refractivity contribution in [3.63, 3.8) is 0 Å². The molecular weight excluding hydrogens is 351 g/mol. The van der Waals surface area contributed by atoms with Gasteiger partial charge in [-0.15, -0.1) is 12.4 Å². The first-order chi connectivity index (χ1) is 11.1. The number of nitrogens with zero attached hydrogens (tertiary/aromatic N) is 2. The summed E-state index contributed by atoms with van der Waals surface area (Å²) in [6, 6.07) is 7.77. The van der Waals surface area contributed by atoms with E-state index in [-0.39, 0.29) is 24.3 Å². The zero-order valence-corrected chi connectivity index (χ0v) is 14.5. The number of aromatic nitrogens is 2. The molecule has 1 heterocycles. The topological polar surface area (TPSA) is 109 Å². The summed E-state index contributed by atoms with van der Waals surface area (Å²) < 4.78 is 0. The number of H-pyrrole nitrogens is 1. The number of hydrogen-bond donors (Lipinski definition) is 5. The third kappa shape index (κ3) is 3.53.